The van der Waals surface area contributed by atoms with Crippen LogP contribution in [0.4, 0.5) is 4.39 Å². The lowest BCUT2D eigenvalue weighted by atomic mass is 10.1. The Balaban J connectivity index is 1.61. The van der Waals surface area contributed by atoms with Gasteiger partial charge in [0.1, 0.15) is 11.6 Å². The topological polar surface area (TPSA) is 96.0 Å². The fourth-order valence-corrected chi connectivity index (χ4v) is 4.95. The van der Waals surface area contributed by atoms with Gasteiger partial charge >= 0.3 is 0 Å². The van der Waals surface area contributed by atoms with E-state index in [-0.39, 0.29) is 42.6 Å². The van der Waals surface area contributed by atoms with E-state index in [2.05, 4.69) is 4.90 Å². The van der Waals surface area contributed by atoms with Crippen LogP contribution in [0.25, 0.3) is 0 Å². The standard InChI is InChI=1S/C26H33ClFN3O5S/c1-17(2)37(34,35)29-25(32)12-21-11-22(27)7-10-24(21)36-16-26(33)31-14-18(3)30(13-19(31)4)15-20-5-8-23(28)9-6-20/h5-11,17-19H,12-16H2,1-4H3,(H,29,32)/t18-,19+/m0/s1. The Morgan fingerprint density at radius 1 is 1.11 bits per heavy atom. The van der Waals surface area contributed by atoms with Gasteiger partial charge < -0.3 is 9.64 Å². The monoisotopic (exact) mass is 553 g/mol. The summed E-state index contributed by atoms with van der Waals surface area (Å²) in [5, 5.41) is -0.405. The van der Waals surface area contributed by atoms with E-state index in [4.69, 9.17) is 16.3 Å². The highest BCUT2D eigenvalue weighted by atomic mass is 35.5. The molecule has 0 saturated carbocycles. The van der Waals surface area contributed by atoms with Gasteiger partial charge in [-0.2, -0.15) is 0 Å². The van der Waals surface area contributed by atoms with Gasteiger partial charge in [0, 0.05) is 42.3 Å². The van der Waals surface area contributed by atoms with Crippen LogP contribution in [0.5, 0.6) is 5.75 Å². The summed E-state index contributed by atoms with van der Waals surface area (Å²) in [4.78, 5) is 29.4. The molecular weight excluding hydrogens is 521 g/mol. The summed E-state index contributed by atoms with van der Waals surface area (Å²) in [7, 11) is -3.77. The molecule has 11 heteroatoms. The van der Waals surface area contributed by atoms with Crippen LogP contribution in [0, 0.1) is 5.82 Å². The van der Waals surface area contributed by atoms with Crippen LogP contribution in [0.1, 0.15) is 38.8 Å². The maximum absolute atomic E-state index is 13.2. The van der Waals surface area contributed by atoms with E-state index >= 15 is 0 Å². The quantitative estimate of drug-likeness (QED) is 0.511. The Kier molecular flexibility index (Phi) is 9.55. The van der Waals surface area contributed by atoms with Crippen molar-refractivity contribution in [2.75, 3.05) is 19.7 Å². The van der Waals surface area contributed by atoms with Crippen LogP contribution in [-0.4, -0.2) is 67.1 Å². The number of carbonyl (C=O) groups excluding carboxylic acids is 2. The zero-order valence-corrected chi connectivity index (χ0v) is 23.0. The van der Waals surface area contributed by atoms with Gasteiger partial charge in [0.15, 0.2) is 6.61 Å². The first-order valence-corrected chi connectivity index (χ1v) is 14.0. The summed E-state index contributed by atoms with van der Waals surface area (Å²) in [6, 6.07) is 11.1. The molecule has 2 aromatic carbocycles. The summed E-state index contributed by atoms with van der Waals surface area (Å²) < 4.78 is 45.1. The number of hydrogen-bond acceptors (Lipinski definition) is 6. The molecule has 1 aliphatic heterocycles. The molecule has 202 valence electrons. The van der Waals surface area contributed by atoms with Gasteiger partial charge in [0.2, 0.25) is 15.9 Å². The molecule has 0 bridgehead atoms. The molecule has 3 rings (SSSR count). The lowest BCUT2D eigenvalue weighted by Gasteiger charge is -2.44. The molecule has 1 heterocycles. The van der Waals surface area contributed by atoms with Crippen LogP contribution in [-0.2, 0) is 32.6 Å². The fraction of sp³-hybridized carbons (Fsp3) is 0.462. The van der Waals surface area contributed by atoms with Crippen molar-refractivity contribution < 1.29 is 27.1 Å². The number of ether oxygens (including phenoxy) is 1. The van der Waals surface area contributed by atoms with E-state index in [0.29, 0.717) is 30.2 Å². The van der Waals surface area contributed by atoms with E-state index in [1.807, 2.05) is 18.6 Å². The van der Waals surface area contributed by atoms with Gasteiger partial charge in [-0.15, -0.1) is 0 Å². The van der Waals surface area contributed by atoms with Crippen molar-refractivity contribution >= 4 is 33.4 Å². The number of hydrogen-bond donors (Lipinski definition) is 1. The molecule has 0 aliphatic carbocycles. The highest BCUT2D eigenvalue weighted by molar-refractivity contribution is 7.90. The van der Waals surface area contributed by atoms with Crippen molar-refractivity contribution in [2.24, 2.45) is 0 Å². The second kappa shape index (κ2) is 12.2. The van der Waals surface area contributed by atoms with Crippen LogP contribution in [0.15, 0.2) is 42.5 Å². The molecule has 1 saturated heterocycles. The van der Waals surface area contributed by atoms with E-state index in [1.165, 1.54) is 32.0 Å². The van der Waals surface area contributed by atoms with Crippen molar-refractivity contribution in [3.63, 3.8) is 0 Å². The van der Waals surface area contributed by atoms with E-state index < -0.39 is 21.2 Å². The molecule has 0 spiro atoms. The molecule has 0 aromatic heterocycles. The van der Waals surface area contributed by atoms with Crippen LogP contribution >= 0.6 is 11.6 Å². The summed E-state index contributed by atoms with van der Waals surface area (Å²) in [6.45, 7) is 8.53. The average Bonchev–Trinajstić information content (AvgIpc) is 2.81. The molecular formula is C26H33ClFN3O5S. The van der Waals surface area contributed by atoms with Crippen LogP contribution < -0.4 is 9.46 Å². The third kappa shape index (κ3) is 7.90. The highest BCUT2D eigenvalue weighted by Crippen LogP contribution is 2.25. The Labute approximate surface area is 222 Å². The third-order valence-electron chi connectivity index (χ3n) is 6.34. The number of nitrogens with zero attached hydrogens (tertiary/aromatic N) is 2. The number of benzene rings is 2. The number of nitrogens with one attached hydrogen (secondary N) is 1. The number of amides is 2. The Bertz CT molecular complexity index is 1220. The second-order valence-electron chi connectivity index (χ2n) is 9.64. The Hall–Kier alpha value is -2.69. The molecule has 1 fully saturated rings. The lowest BCUT2D eigenvalue weighted by Crippen LogP contribution is -2.58. The van der Waals surface area contributed by atoms with Crippen LogP contribution in [0.3, 0.4) is 0 Å². The van der Waals surface area contributed by atoms with Crippen molar-refractivity contribution in [1.82, 2.24) is 14.5 Å². The second-order valence-corrected chi connectivity index (χ2v) is 12.3. The smallest absolute Gasteiger partial charge is 0.260 e. The first-order valence-electron chi connectivity index (χ1n) is 12.1. The number of piperazine rings is 1. The first kappa shape index (κ1) is 28.9. The number of carbonyl (C=O) groups is 2. The minimum Gasteiger partial charge on any atom is -0.483 e. The molecule has 0 unspecified atom stereocenters. The van der Waals surface area contributed by atoms with Gasteiger partial charge in [-0.25, -0.2) is 12.8 Å². The minimum absolute atomic E-state index is 0.0653. The molecule has 2 amide bonds. The molecule has 8 nitrogen and oxygen atoms in total. The van der Waals surface area contributed by atoms with Crippen LogP contribution in [0.2, 0.25) is 5.02 Å². The van der Waals surface area contributed by atoms with Gasteiger partial charge in [0.25, 0.3) is 5.91 Å². The van der Waals surface area contributed by atoms with Crippen molar-refractivity contribution in [1.29, 1.82) is 0 Å². The van der Waals surface area contributed by atoms with Crippen molar-refractivity contribution in [2.45, 2.75) is 58.0 Å². The number of rotatable bonds is 9. The minimum atomic E-state index is -3.77. The number of sulfonamides is 1. The molecule has 37 heavy (non-hydrogen) atoms. The predicted octanol–water partition coefficient (Wildman–Crippen LogP) is 3.38. The average molecular weight is 554 g/mol. The van der Waals surface area contributed by atoms with Gasteiger partial charge in [-0.05, 0) is 63.6 Å². The summed E-state index contributed by atoms with van der Waals surface area (Å²) in [6.07, 6.45) is -0.272. The Morgan fingerprint density at radius 2 is 1.78 bits per heavy atom. The maximum atomic E-state index is 13.2. The lowest BCUT2D eigenvalue weighted by molar-refractivity contribution is -0.139. The van der Waals surface area contributed by atoms with Gasteiger partial charge in [-0.3, -0.25) is 19.2 Å². The fourth-order valence-electron chi connectivity index (χ4n) is 4.13. The molecule has 1 N–H and O–H groups in total. The van der Waals surface area contributed by atoms with Gasteiger partial charge in [-0.1, -0.05) is 23.7 Å². The molecule has 2 aromatic rings. The zero-order chi connectivity index (χ0) is 27.3. The predicted molar refractivity (Wildman–Crippen MR) is 140 cm³/mol. The van der Waals surface area contributed by atoms with E-state index in [9.17, 15) is 22.4 Å². The summed E-state index contributed by atoms with van der Waals surface area (Å²) in [5.41, 5.74) is 1.38. The summed E-state index contributed by atoms with van der Waals surface area (Å²) in [5.74, 6) is -0.906. The Morgan fingerprint density at radius 3 is 2.43 bits per heavy atom. The maximum Gasteiger partial charge on any atom is 0.260 e. The van der Waals surface area contributed by atoms with E-state index in [1.54, 1.807) is 29.2 Å². The van der Waals surface area contributed by atoms with E-state index in [0.717, 1.165) is 5.56 Å². The SMILES string of the molecule is CC(C)S(=O)(=O)NC(=O)Cc1cc(Cl)ccc1OCC(=O)N1C[C@H](C)N(Cc2ccc(F)cc2)C[C@H]1C. The molecule has 2 atom stereocenters. The normalized spacial score (nSPS) is 18.6. The number of halogens is 2. The third-order valence-corrected chi connectivity index (χ3v) is 8.32. The highest BCUT2D eigenvalue weighted by Gasteiger charge is 2.32. The molecule has 0 radical (unpaired) electrons. The van der Waals surface area contributed by atoms with Gasteiger partial charge in [0.05, 0.1) is 11.7 Å². The molecule has 1 aliphatic rings. The summed E-state index contributed by atoms with van der Waals surface area (Å²) >= 11 is 6.08. The van der Waals surface area contributed by atoms with Crippen molar-refractivity contribution in [3.05, 3.63) is 64.4 Å². The largest absolute Gasteiger partial charge is 0.483 e. The first-order chi connectivity index (χ1) is 17.4. The zero-order valence-electron chi connectivity index (χ0n) is 21.4. The van der Waals surface area contributed by atoms with Crippen molar-refractivity contribution in [3.8, 4) is 5.75 Å².